The standard InChI is InChI=1S/C17H14BrClN4O2S/c1-9-14(26-17(20-9)10-4-3-5-12(19)6-10)16(25)22-21-15(24)13-7-11(18)8-23(13)2/h3-8H,1-2H3,(H,21,24)(H,22,25). The lowest BCUT2D eigenvalue weighted by Crippen LogP contribution is -2.42. The molecule has 0 saturated heterocycles. The molecule has 0 fully saturated rings. The molecule has 0 bridgehead atoms. The molecule has 2 N–H and O–H groups in total. The Labute approximate surface area is 167 Å². The highest BCUT2D eigenvalue weighted by molar-refractivity contribution is 9.10. The van der Waals surface area contributed by atoms with E-state index in [1.54, 1.807) is 42.9 Å². The molecule has 3 rings (SSSR count). The van der Waals surface area contributed by atoms with Gasteiger partial charge in [-0.05, 0) is 41.1 Å². The number of halogens is 2. The van der Waals surface area contributed by atoms with Gasteiger partial charge in [0.1, 0.15) is 15.6 Å². The molecule has 0 unspecified atom stereocenters. The second-order valence-corrected chi connectivity index (χ2v) is 7.86. The monoisotopic (exact) mass is 452 g/mol. The van der Waals surface area contributed by atoms with E-state index in [-0.39, 0.29) is 0 Å². The van der Waals surface area contributed by atoms with Gasteiger partial charge in [0.2, 0.25) is 0 Å². The van der Waals surface area contributed by atoms with Crippen LogP contribution in [0.1, 0.15) is 25.9 Å². The maximum atomic E-state index is 12.4. The fourth-order valence-corrected chi connectivity index (χ4v) is 4.01. The third-order valence-corrected chi connectivity index (χ3v) is 5.44. The first-order chi connectivity index (χ1) is 12.3. The number of aromatic nitrogens is 2. The third kappa shape index (κ3) is 3.98. The van der Waals surface area contributed by atoms with Crippen LogP contribution in [0.4, 0.5) is 0 Å². The molecule has 2 amide bonds. The largest absolute Gasteiger partial charge is 0.345 e. The zero-order valence-electron chi connectivity index (χ0n) is 13.8. The quantitative estimate of drug-likeness (QED) is 0.590. The second kappa shape index (κ2) is 7.61. The number of hydrogen-bond acceptors (Lipinski definition) is 4. The highest BCUT2D eigenvalue weighted by Crippen LogP contribution is 2.29. The molecule has 0 spiro atoms. The fraction of sp³-hybridized carbons (Fsp3) is 0.118. The summed E-state index contributed by atoms with van der Waals surface area (Å²) in [7, 11) is 1.74. The Bertz CT molecular complexity index is 999. The highest BCUT2D eigenvalue weighted by Gasteiger charge is 2.18. The van der Waals surface area contributed by atoms with Crippen molar-refractivity contribution in [1.29, 1.82) is 0 Å². The summed E-state index contributed by atoms with van der Waals surface area (Å²) in [4.78, 5) is 29.4. The van der Waals surface area contributed by atoms with Crippen molar-refractivity contribution in [3.63, 3.8) is 0 Å². The van der Waals surface area contributed by atoms with E-state index in [1.807, 2.05) is 12.1 Å². The summed E-state index contributed by atoms with van der Waals surface area (Å²) in [6.07, 6.45) is 1.75. The Kier molecular flexibility index (Phi) is 5.45. The van der Waals surface area contributed by atoms with Crippen molar-refractivity contribution in [3.05, 3.63) is 62.3 Å². The van der Waals surface area contributed by atoms with Crippen molar-refractivity contribution in [3.8, 4) is 10.6 Å². The molecular formula is C17H14BrClN4O2S. The first-order valence-corrected chi connectivity index (χ1v) is 9.50. The zero-order chi connectivity index (χ0) is 18.8. The summed E-state index contributed by atoms with van der Waals surface area (Å²) in [5.74, 6) is -0.835. The van der Waals surface area contributed by atoms with Crippen molar-refractivity contribution >= 4 is 50.7 Å². The van der Waals surface area contributed by atoms with Crippen LogP contribution >= 0.6 is 38.9 Å². The van der Waals surface area contributed by atoms with Gasteiger partial charge in [0.15, 0.2) is 0 Å². The van der Waals surface area contributed by atoms with Gasteiger partial charge >= 0.3 is 0 Å². The molecule has 0 aliphatic carbocycles. The molecule has 2 aromatic heterocycles. The summed E-state index contributed by atoms with van der Waals surface area (Å²) < 4.78 is 2.43. The van der Waals surface area contributed by atoms with Crippen LogP contribution in [0.15, 0.2) is 41.0 Å². The summed E-state index contributed by atoms with van der Waals surface area (Å²) in [5, 5.41) is 1.29. The van der Waals surface area contributed by atoms with E-state index in [0.717, 1.165) is 10.0 Å². The number of rotatable bonds is 3. The number of aryl methyl sites for hydroxylation is 2. The summed E-state index contributed by atoms with van der Waals surface area (Å²) in [6.45, 7) is 1.75. The van der Waals surface area contributed by atoms with Crippen LogP contribution in [0.5, 0.6) is 0 Å². The van der Waals surface area contributed by atoms with Gasteiger partial charge in [-0.25, -0.2) is 4.98 Å². The van der Waals surface area contributed by atoms with Crippen LogP contribution in [0.25, 0.3) is 10.6 Å². The van der Waals surface area contributed by atoms with Crippen LogP contribution in [0.3, 0.4) is 0 Å². The van der Waals surface area contributed by atoms with E-state index in [1.165, 1.54) is 11.3 Å². The highest BCUT2D eigenvalue weighted by atomic mass is 79.9. The molecule has 0 radical (unpaired) electrons. The van der Waals surface area contributed by atoms with Crippen LogP contribution in [-0.4, -0.2) is 21.4 Å². The molecule has 9 heteroatoms. The van der Waals surface area contributed by atoms with Gasteiger partial charge in [0, 0.05) is 28.3 Å². The van der Waals surface area contributed by atoms with Crippen molar-refractivity contribution in [1.82, 2.24) is 20.4 Å². The number of hydrazine groups is 1. The normalized spacial score (nSPS) is 10.6. The summed E-state index contributed by atoms with van der Waals surface area (Å²) in [6, 6.07) is 8.93. The van der Waals surface area contributed by atoms with E-state index in [2.05, 4.69) is 31.8 Å². The number of carbonyl (C=O) groups excluding carboxylic acids is 2. The minimum absolute atomic E-state index is 0.413. The minimum atomic E-state index is -0.421. The van der Waals surface area contributed by atoms with Gasteiger partial charge in [-0.2, -0.15) is 0 Å². The van der Waals surface area contributed by atoms with Crippen molar-refractivity contribution in [2.75, 3.05) is 0 Å². The van der Waals surface area contributed by atoms with E-state index < -0.39 is 11.8 Å². The Hall–Kier alpha value is -2.16. The Morgan fingerprint density at radius 1 is 1.23 bits per heavy atom. The maximum absolute atomic E-state index is 12.4. The Morgan fingerprint density at radius 2 is 1.96 bits per heavy atom. The number of nitrogens with one attached hydrogen (secondary N) is 2. The second-order valence-electron chi connectivity index (χ2n) is 5.51. The van der Waals surface area contributed by atoms with Gasteiger partial charge in [0.25, 0.3) is 11.8 Å². The van der Waals surface area contributed by atoms with Crippen molar-refractivity contribution in [2.24, 2.45) is 7.05 Å². The molecule has 0 atom stereocenters. The molecule has 3 aromatic rings. The third-order valence-electron chi connectivity index (χ3n) is 3.57. The van der Waals surface area contributed by atoms with Crippen molar-refractivity contribution in [2.45, 2.75) is 6.92 Å². The zero-order valence-corrected chi connectivity index (χ0v) is 17.0. The number of nitrogens with zero attached hydrogens (tertiary/aromatic N) is 2. The van der Waals surface area contributed by atoms with Crippen LogP contribution in [0.2, 0.25) is 5.02 Å². The maximum Gasteiger partial charge on any atom is 0.286 e. The average Bonchev–Trinajstić information content (AvgIpc) is 3.14. The molecule has 26 heavy (non-hydrogen) atoms. The van der Waals surface area contributed by atoms with Crippen molar-refractivity contribution < 1.29 is 9.59 Å². The molecule has 0 saturated carbocycles. The predicted octanol–water partition coefficient (Wildman–Crippen LogP) is 3.95. The lowest BCUT2D eigenvalue weighted by molar-refractivity contribution is 0.0843. The molecule has 134 valence electrons. The van der Waals surface area contributed by atoms with E-state index >= 15 is 0 Å². The molecular weight excluding hydrogens is 440 g/mol. The number of hydrogen-bond donors (Lipinski definition) is 2. The average molecular weight is 454 g/mol. The van der Waals surface area contributed by atoms with Gasteiger partial charge < -0.3 is 4.57 Å². The molecule has 2 heterocycles. The van der Waals surface area contributed by atoms with Gasteiger partial charge in [-0.15, -0.1) is 11.3 Å². The van der Waals surface area contributed by atoms with Gasteiger partial charge in [-0.1, -0.05) is 23.7 Å². The first-order valence-electron chi connectivity index (χ1n) is 7.51. The topological polar surface area (TPSA) is 76.0 Å². The number of carbonyl (C=O) groups is 2. The first kappa shape index (κ1) is 18.6. The predicted molar refractivity (Wildman–Crippen MR) is 105 cm³/mol. The van der Waals surface area contributed by atoms with E-state index in [0.29, 0.717) is 26.3 Å². The SMILES string of the molecule is Cc1nc(-c2cccc(Cl)c2)sc1C(=O)NNC(=O)c1cc(Br)cn1C. The van der Waals surface area contributed by atoms with Crippen LogP contribution in [-0.2, 0) is 7.05 Å². The van der Waals surface area contributed by atoms with E-state index in [4.69, 9.17) is 11.6 Å². The fourth-order valence-electron chi connectivity index (χ4n) is 2.34. The Balaban J connectivity index is 1.72. The van der Waals surface area contributed by atoms with Crippen LogP contribution < -0.4 is 10.9 Å². The smallest absolute Gasteiger partial charge is 0.286 e. The molecule has 1 aromatic carbocycles. The summed E-state index contributed by atoms with van der Waals surface area (Å²) >= 11 is 10.5. The summed E-state index contributed by atoms with van der Waals surface area (Å²) in [5.41, 5.74) is 6.67. The molecule has 0 aliphatic rings. The number of benzene rings is 1. The number of amides is 2. The van der Waals surface area contributed by atoms with E-state index in [9.17, 15) is 9.59 Å². The minimum Gasteiger partial charge on any atom is -0.345 e. The molecule has 0 aliphatic heterocycles. The lowest BCUT2D eigenvalue weighted by Gasteiger charge is -2.07. The van der Waals surface area contributed by atoms with Gasteiger partial charge in [0.05, 0.1) is 5.69 Å². The Morgan fingerprint density at radius 3 is 2.62 bits per heavy atom. The van der Waals surface area contributed by atoms with Gasteiger partial charge in [-0.3, -0.25) is 20.4 Å². The number of thiazole rings is 1. The molecule has 6 nitrogen and oxygen atoms in total. The lowest BCUT2D eigenvalue weighted by atomic mass is 10.2. The van der Waals surface area contributed by atoms with Crippen LogP contribution in [0, 0.1) is 6.92 Å².